The number of fused-ring (bicyclic) bond motifs is 6. The van der Waals surface area contributed by atoms with Gasteiger partial charge in [0.1, 0.15) is 48.3 Å². The molecule has 4 amide bonds. The van der Waals surface area contributed by atoms with E-state index in [9.17, 15) is 33.9 Å². The van der Waals surface area contributed by atoms with E-state index in [-0.39, 0.29) is 43.3 Å². The fourth-order valence-electron chi connectivity index (χ4n) is 9.92. The number of esters is 2. The first kappa shape index (κ1) is 51.7. The number of rotatable bonds is 13. The maximum Gasteiger partial charge on any atom is 0.325 e. The van der Waals surface area contributed by atoms with E-state index in [1.54, 1.807) is 32.2 Å². The Hall–Kier alpha value is -7.64. The van der Waals surface area contributed by atoms with Gasteiger partial charge in [0.15, 0.2) is 0 Å². The molecule has 6 heterocycles. The van der Waals surface area contributed by atoms with E-state index in [0.29, 0.717) is 36.9 Å². The molecule has 19 nitrogen and oxygen atoms in total. The Labute approximate surface area is 423 Å². The molecule has 2 saturated heterocycles. The summed E-state index contributed by atoms with van der Waals surface area (Å²) in [5.41, 5.74) is 9.56. The molecule has 0 unspecified atom stereocenters. The highest BCUT2D eigenvalue weighted by Crippen LogP contribution is 2.41. The second-order valence-electron chi connectivity index (χ2n) is 19.9. The number of phenols is 1. The van der Waals surface area contributed by atoms with Gasteiger partial charge in [-0.15, -0.1) is 0 Å². The summed E-state index contributed by atoms with van der Waals surface area (Å²) >= 11 is 0. The van der Waals surface area contributed by atoms with Crippen LogP contribution in [0, 0.1) is 11.3 Å². The smallest absolute Gasteiger partial charge is 0.325 e. The van der Waals surface area contributed by atoms with Gasteiger partial charge in [-0.3, -0.25) is 44.1 Å². The third-order valence-electron chi connectivity index (χ3n) is 13.6. The van der Waals surface area contributed by atoms with Gasteiger partial charge < -0.3 is 39.4 Å². The van der Waals surface area contributed by atoms with Crippen molar-refractivity contribution in [2.45, 2.75) is 104 Å². The summed E-state index contributed by atoms with van der Waals surface area (Å²) in [5.74, 6) is -3.79. The molecule has 3 aromatic heterocycles. The van der Waals surface area contributed by atoms with Gasteiger partial charge >= 0.3 is 11.9 Å². The highest BCUT2D eigenvalue weighted by molar-refractivity contribution is 6.03. The van der Waals surface area contributed by atoms with Crippen molar-refractivity contribution in [2.24, 2.45) is 11.3 Å². The summed E-state index contributed by atoms with van der Waals surface area (Å²) in [6, 6.07) is 11.4. The van der Waals surface area contributed by atoms with Crippen LogP contribution in [0.3, 0.4) is 0 Å². The number of phenolic OH excluding ortho intramolecular Hbond substituents is 1. The summed E-state index contributed by atoms with van der Waals surface area (Å²) in [7, 11) is 2.70. The largest absolute Gasteiger partial charge is 0.508 e. The lowest BCUT2D eigenvalue weighted by atomic mass is 9.84. The Morgan fingerprint density at radius 2 is 1.85 bits per heavy atom. The Kier molecular flexibility index (Phi) is 15.3. The molecule has 6 bridgehead atoms. The fraction of sp³-hybridized carbons (Fsp3) is 0.407. The number of aryl methyl sites for hydroxylation is 1. The second-order valence-corrected chi connectivity index (χ2v) is 19.9. The molecule has 19 heteroatoms. The normalized spacial score (nSPS) is 20.0. The first-order valence-corrected chi connectivity index (χ1v) is 24.5. The molecule has 384 valence electrons. The molecule has 3 aliphatic rings. The van der Waals surface area contributed by atoms with Crippen LogP contribution in [0.15, 0.2) is 86.0 Å². The van der Waals surface area contributed by atoms with Crippen molar-refractivity contribution >= 4 is 52.2 Å². The minimum absolute atomic E-state index is 0.0120. The molecule has 5 atom stereocenters. The first-order chi connectivity index (χ1) is 34.9. The average Bonchev–Trinajstić information content (AvgIpc) is 4.13. The summed E-state index contributed by atoms with van der Waals surface area (Å²) in [6.07, 6.45) is 7.60. The molecular weight excluding hydrogens is 935 g/mol. The molecule has 5 aromatic rings. The van der Waals surface area contributed by atoms with Gasteiger partial charge in [0.25, 0.3) is 11.8 Å². The molecule has 0 radical (unpaired) electrons. The predicted molar refractivity (Wildman–Crippen MR) is 271 cm³/mol. The topological polar surface area (TPSA) is 246 Å². The summed E-state index contributed by atoms with van der Waals surface area (Å²) in [5, 5.41) is 22.0. The number of nitrogens with one attached hydrogen (secondary N) is 4. The van der Waals surface area contributed by atoms with Crippen molar-refractivity contribution in [3.8, 4) is 28.1 Å². The molecule has 0 aliphatic carbocycles. The highest BCUT2D eigenvalue weighted by atomic mass is 16.5. The zero-order valence-electron chi connectivity index (χ0n) is 42.2. The van der Waals surface area contributed by atoms with Crippen LogP contribution in [0.25, 0.3) is 33.3 Å². The molecule has 8 rings (SSSR count). The predicted octanol–water partition coefficient (Wildman–Crippen LogP) is 5.05. The quantitative estimate of drug-likeness (QED) is 0.0589. The number of carbonyl (C=O) groups is 6. The molecule has 73 heavy (non-hydrogen) atoms. The highest BCUT2D eigenvalue weighted by Gasteiger charge is 2.48. The van der Waals surface area contributed by atoms with Crippen LogP contribution in [0.1, 0.15) is 74.6 Å². The van der Waals surface area contributed by atoms with Gasteiger partial charge in [0.2, 0.25) is 11.8 Å². The van der Waals surface area contributed by atoms with Gasteiger partial charge in [0.05, 0.1) is 37.6 Å². The van der Waals surface area contributed by atoms with E-state index in [0.717, 1.165) is 38.9 Å². The molecule has 0 saturated carbocycles. The number of nitrogens with zero attached hydrogens (tertiary/aromatic N) is 5. The zero-order valence-corrected chi connectivity index (χ0v) is 42.2. The number of anilines is 1. The molecule has 5 N–H and O–H groups in total. The summed E-state index contributed by atoms with van der Waals surface area (Å²) in [6.45, 7) is 14.7. The van der Waals surface area contributed by atoms with Crippen LogP contribution in [-0.4, -0.2) is 123 Å². The van der Waals surface area contributed by atoms with Crippen molar-refractivity contribution < 1.29 is 48.1 Å². The lowest BCUT2D eigenvalue weighted by Crippen LogP contribution is -2.62. The van der Waals surface area contributed by atoms with E-state index in [4.69, 9.17) is 9.47 Å². The number of amides is 4. The Morgan fingerprint density at radius 3 is 2.56 bits per heavy atom. The number of pyridine rings is 2. The molecule has 2 fully saturated rings. The number of carbonyl (C=O) groups excluding carboxylic acids is 6. The number of ether oxygens (including phenoxy) is 3. The molecular formula is C54H63N9O10. The number of likely N-dealkylation sites (N-methyl/N-ethyl adjacent to an activating group) is 1. The summed E-state index contributed by atoms with van der Waals surface area (Å²) in [4.78, 5) is 91.9. The SMILES string of the molecule is C=COCc1ccncc1-c1c2c3cc(ccc3n1CC)-c1cc(O)cc(c1)C[C@H](NC(=O)[C@H](C(C)C)N(C)C(=O)c1ccc(NC(=O)[C@@H]3N[C@@H]3C(=O)OC)cn1)C(=O)N1CCC[C@H](N1)C(=O)OCC(C)(C)C2. The number of hydrogen-bond donors (Lipinski definition) is 5. The van der Waals surface area contributed by atoms with Gasteiger partial charge in [0, 0.05) is 66.4 Å². The van der Waals surface area contributed by atoms with E-state index in [1.807, 2.05) is 38.2 Å². The van der Waals surface area contributed by atoms with Crippen molar-refractivity contribution in [1.82, 2.24) is 40.5 Å². The summed E-state index contributed by atoms with van der Waals surface area (Å²) < 4.78 is 18.7. The zero-order chi connectivity index (χ0) is 52.3. The molecule has 2 aromatic carbocycles. The molecule has 0 spiro atoms. The number of benzene rings is 2. The Bertz CT molecular complexity index is 2950. The maximum atomic E-state index is 14.8. The van der Waals surface area contributed by atoms with Gasteiger partial charge in [-0.1, -0.05) is 46.4 Å². The Morgan fingerprint density at radius 1 is 1.05 bits per heavy atom. The van der Waals surface area contributed by atoms with Crippen LogP contribution in [-0.2, 0) is 64.2 Å². The minimum Gasteiger partial charge on any atom is -0.508 e. The van der Waals surface area contributed by atoms with Crippen LogP contribution >= 0.6 is 0 Å². The number of cyclic esters (lactones) is 1. The fourth-order valence-corrected chi connectivity index (χ4v) is 9.92. The third kappa shape index (κ3) is 11.2. The maximum absolute atomic E-state index is 14.8. The Balaban J connectivity index is 1.13. The lowest BCUT2D eigenvalue weighted by Gasteiger charge is -2.36. The van der Waals surface area contributed by atoms with E-state index in [2.05, 4.69) is 66.3 Å². The first-order valence-electron chi connectivity index (χ1n) is 24.5. The van der Waals surface area contributed by atoms with Crippen LogP contribution in [0.5, 0.6) is 5.75 Å². The monoisotopic (exact) mass is 997 g/mol. The number of hydrazine groups is 1. The van der Waals surface area contributed by atoms with Crippen molar-refractivity contribution in [3.63, 3.8) is 0 Å². The van der Waals surface area contributed by atoms with Gasteiger partial charge in [-0.2, -0.15) is 0 Å². The van der Waals surface area contributed by atoms with Crippen molar-refractivity contribution in [1.29, 1.82) is 0 Å². The number of methoxy groups -OCH3 is 1. The van der Waals surface area contributed by atoms with Crippen molar-refractivity contribution in [3.05, 3.63) is 108 Å². The number of aromatic nitrogens is 3. The van der Waals surface area contributed by atoms with Crippen LogP contribution in [0.4, 0.5) is 5.69 Å². The number of aromatic hydroxyl groups is 1. The second kappa shape index (κ2) is 21.6. The van der Waals surface area contributed by atoms with E-state index in [1.165, 1.54) is 48.7 Å². The standard InChI is InChI=1S/C54H63N9O10/c1-9-62-43-16-13-32-24-37(43)38(47(62)39-27-55-18-17-33(39)28-72-10-2)25-54(5,6)29-73-52(69)41-12-11-19-63(60-41)51(68)42(22-31-20-34(32)23-36(64)21-31)58-49(66)46(30(3)4)61(7)50(67)40-15-14-35(26-56-40)57-48(65)44-45(59-44)53(70)71-8/h10,13-18,20-21,23-24,26-27,30,41-42,44-46,59-60,64H,2,9,11-12,19,22,25,28-29H2,1,3-8H3,(H,57,65)(H,58,66)/t41-,42-,44+,45-,46-/m0/s1. The van der Waals surface area contributed by atoms with E-state index < -0.39 is 77.1 Å². The average molecular weight is 998 g/mol. The minimum atomic E-state index is -1.23. The van der Waals surface area contributed by atoms with Crippen LogP contribution in [0.2, 0.25) is 0 Å². The van der Waals surface area contributed by atoms with Crippen molar-refractivity contribution in [2.75, 3.05) is 32.6 Å². The number of hydrogen-bond acceptors (Lipinski definition) is 14. The van der Waals surface area contributed by atoms with E-state index >= 15 is 0 Å². The van der Waals surface area contributed by atoms with Crippen LogP contribution < -0.4 is 21.4 Å². The molecule has 3 aliphatic heterocycles. The lowest BCUT2D eigenvalue weighted by molar-refractivity contribution is -0.155. The van der Waals surface area contributed by atoms with Gasteiger partial charge in [-0.25, -0.2) is 10.4 Å². The van der Waals surface area contributed by atoms with Gasteiger partial charge in [-0.05, 0) is 96.8 Å². The third-order valence-corrected chi connectivity index (χ3v) is 13.6.